The first-order chi connectivity index (χ1) is 15.4. The van der Waals surface area contributed by atoms with Crippen LogP contribution in [-0.4, -0.2) is 16.9 Å². The van der Waals surface area contributed by atoms with Gasteiger partial charge in [0.2, 0.25) is 0 Å². The first-order valence-electron chi connectivity index (χ1n) is 11.9. The Bertz CT molecular complexity index is 1130. The summed E-state index contributed by atoms with van der Waals surface area (Å²) in [7, 11) is 0. The summed E-state index contributed by atoms with van der Waals surface area (Å²) in [4.78, 5) is 17.2. The highest BCUT2D eigenvalue weighted by Crippen LogP contribution is 2.47. The maximum Gasteiger partial charge on any atom is 0.251 e. The van der Waals surface area contributed by atoms with E-state index in [9.17, 15) is 9.18 Å². The van der Waals surface area contributed by atoms with Crippen LogP contribution in [0.15, 0.2) is 54.7 Å². The molecule has 5 rings (SSSR count). The highest BCUT2D eigenvalue weighted by atomic mass is 19.1. The van der Waals surface area contributed by atoms with Crippen LogP contribution in [0.4, 0.5) is 4.39 Å². The van der Waals surface area contributed by atoms with Gasteiger partial charge in [0.15, 0.2) is 0 Å². The second kappa shape index (κ2) is 8.31. The number of halogens is 1. The molecule has 1 atom stereocenters. The Labute approximate surface area is 189 Å². The number of hydrogen-bond acceptors (Lipinski definition) is 2. The van der Waals surface area contributed by atoms with E-state index in [1.807, 2.05) is 24.4 Å². The monoisotopic (exact) mass is 430 g/mol. The number of nitrogens with zero attached hydrogens (tertiary/aromatic N) is 1. The van der Waals surface area contributed by atoms with Crippen LogP contribution in [0, 0.1) is 11.7 Å². The van der Waals surface area contributed by atoms with Crippen molar-refractivity contribution < 1.29 is 9.18 Å². The van der Waals surface area contributed by atoms with E-state index < -0.39 is 0 Å². The van der Waals surface area contributed by atoms with E-state index in [1.165, 1.54) is 30.0 Å². The molecule has 2 saturated carbocycles. The minimum Gasteiger partial charge on any atom is -0.349 e. The molecule has 0 spiro atoms. The lowest BCUT2D eigenvalue weighted by molar-refractivity contribution is 0.0918. The Morgan fingerprint density at radius 3 is 2.47 bits per heavy atom. The molecule has 0 aliphatic heterocycles. The van der Waals surface area contributed by atoms with Gasteiger partial charge < -0.3 is 5.32 Å². The van der Waals surface area contributed by atoms with Gasteiger partial charge in [-0.25, -0.2) is 4.39 Å². The van der Waals surface area contributed by atoms with E-state index >= 15 is 0 Å². The van der Waals surface area contributed by atoms with E-state index in [0.29, 0.717) is 17.3 Å². The lowest BCUT2D eigenvalue weighted by Crippen LogP contribution is -2.39. The van der Waals surface area contributed by atoms with Gasteiger partial charge in [-0.2, -0.15) is 0 Å². The summed E-state index contributed by atoms with van der Waals surface area (Å²) in [6.45, 7) is 4.41. The van der Waals surface area contributed by atoms with Crippen LogP contribution in [0.3, 0.4) is 0 Å². The van der Waals surface area contributed by atoms with Crippen molar-refractivity contribution in [1.29, 1.82) is 0 Å². The lowest BCUT2D eigenvalue weighted by Gasteiger charge is -2.33. The van der Waals surface area contributed by atoms with Crippen LogP contribution < -0.4 is 5.32 Å². The van der Waals surface area contributed by atoms with E-state index in [1.54, 1.807) is 12.1 Å². The van der Waals surface area contributed by atoms with Crippen molar-refractivity contribution in [3.63, 3.8) is 0 Å². The zero-order valence-electron chi connectivity index (χ0n) is 18.9. The van der Waals surface area contributed by atoms with Crippen molar-refractivity contribution in [1.82, 2.24) is 10.3 Å². The molecule has 4 heteroatoms. The molecule has 166 valence electrons. The fraction of sp³-hybridized carbons (Fsp3) is 0.429. The Morgan fingerprint density at radius 1 is 1.06 bits per heavy atom. The molecule has 1 heterocycles. The van der Waals surface area contributed by atoms with Crippen molar-refractivity contribution in [2.75, 3.05) is 0 Å². The molecule has 1 aromatic heterocycles. The smallest absolute Gasteiger partial charge is 0.251 e. The third-order valence-electron chi connectivity index (χ3n) is 7.86. The van der Waals surface area contributed by atoms with Gasteiger partial charge in [0, 0.05) is 23.2 Å². The Morgan fingerprint density at radius 2 is 1.78 bits per heavy atom. The molecule has 32 heavy (non-hydrogen) atoms. The van der Waals surface area contributed by atoms with Gasteiger partial charge in [-0.3, -0.25) is 9.78 Å². The van der Waals surface area contributed by atoms with Gasteiger partial charge in [-0.15, -0.1) is 0 Å². The average Bonchev–Trinajstić information content (AvgIpc) is 3.57. The number of hydrogen-bond donors (Lipinski definition) is 1. The predicted octanol–water partition coefficient (Wildman–Crippen LogP) is 6.52. The Hall–Kier alpha value is -2.75. The predicted molar refractivity (Wildman–Crippen MR) is 126 cm³/mol. The minimum atomic E-state index is -0.212. The van der Waals surface area contributed by atoms with E-state index in [0.717, 1.165) is 42.1 Å². The fourth-order valence-electron chi connectivity index (χ4n) is 5.33. The van der Waals surface area contributed by atoms with E-state index in [2.05, 4.69) is 36.3 Å². The van der Waals surface area contributed by atoms with Crippen molar-refractivity contribution in [2.45, 2.75) is 69.7 Å². The second-order valence-electron chi connectivity index (χ2n) is 10.1. The molecule has 2 fully saturated rings. The maximum atomic E-state index is 13.8. The molecule has 1 N–H and O–H groups in total. The summed E-state index contributed by atoms with van der Waals surface area (Å²) in [5.74, 6) is 0.682. The van der Waals surface area contributed by atoms with Crippen LogP contribution in [0.25, 0.3) is 10.9 Å². The quantitative estimate of drug-likeness (QED) is 0.501. The molecular weight excluding hydrogens is 399 g/mol. The summed E-state index contributed by atoms with van der Waals surface area (Å²) in [6.07, 6.45) is 8.52. The summed E-state index contributed by atoms with van der Waals surface area (Å²) in [5, 5.41) is 4.16. The zero-order chi connectivity index (χ0) is 22.3. The van der Waals surface area contributed by atoms with Gasteiger partial charge in [0.05, 0.1) is 5.52 Å². The summed E-state index contributed by atoms with van der Waals surface area (Å²) < 4.78 is 13.8. The largest absolute Gasteiger partial charge is 0.349 e. The molecule has 0 saturated heterocycles. The maximum absolute atomic E-state index is 13.8. The molecule has 1 amide bonds. The first kappa shape index (κ1) is 21.1. The molecular formula is C28H31FN2O. The van der Waals surface area contributed by atoms with Crippen LogP contribution >= 0.6 is 0 Å². The Kier molecular flexibility index (Phi) is 5.48. The van der Waals surface area contributed by atoms with Gasteiger partial charge in [0.25, 0.3) is 5.91 Å². The third kappa shape index (κ3) is 4.15. The number of amides is 1. The molecule has 2 aromatic carbocycles. The summed E-state index contributed by atoms with van der Waals surface area (Å²) >= 11 is 0. The van der Waals surface area contributed by atoms with Crippen molar-refractivity contribution >= 4 is 16.8 Å². The normalized spacial score (nSPS) is 23.0. The topological polar surface area (TPSA) is 42.0 Å². The molecule has 2 aliphatic carbocycles. The number of nitrogens with one attached hydrogen (secondary N) is 1. The second-order valence-corrected chi connectivity index (χ2v) is 10.1. The average molecular weight is 431 g/mol. The van der Waals surface area contributed by atoms with Crippen LogP contribution in [0.2, 0.25) is 0 Å². The van der Waals surface area contributed by atoms with Crippen LogP contribution in [-0.2, 0) is 5.41 Å². The molecule has 2 aliphatic rings. The summed E-state index contributed by atoms with van der Waals surface area (Å²) in [6, 6.07) is 15.2. The number of benzene rings is 2. The highest BCUT2D eigenvalue weighted by Gasteiger charge is 2.38. The number of carbonyl (C=O) groups is 1. The molecule has 0 bridgehead atoms. The van der Waals surface area contributed by atoms with Gasteiger partial charge in [0.1, 0.15) is 5.82 Å². The number of pyridine rings is 1. The molecule has 0 unspecified atom stereocenters. The van der Waals surface area contributed by atoms with Crippen LogP contribution in [0.5, 0.6) is 0 Å². The van der Waals surface area contributed by atoms with Crippen LogP contribution in [0.1, 0.15) is 79.8 Å². The van der Waals surface area contributed by atoms with Crippen molar-refractivity contribution in [2.24, 2.45) is 5.92 Å². The molecule has 0 radical (unpaired) electrons. The van der Waals surface area contributed by atoms with Gasteiger partial charge >= 0.3 is 0 Å². The van der Waals surface area contributed by atoms with Gasteiger partial charge in [-0.05, 0) is 110 Å². The number of carbonyl (C=O) groups excluding carboxylic acids is 1. The van der Waals surface area contributed by atoms with E-state index in [-0.39, 0.29) is 17.8 Å². The van der Waals surface area contributed by atoms with Crippen molar-refractivity contribution in [3.05, 3.63) is 77.2 Å². The minimum absolute atomic E-state index is 0.0164. The molecule has 3 aromatic rings. The number of aromatic nitrogens is 1. The Balaban J connectivity index is 1.20. The zero-order valence-corrected chi connectivity index (χ0v) is 18.9. The third-order valence-corrected chi connectivity index (χ3v) is 7.86. The van der Waals surface area contributed by atoms with E-state index in [4.69, 9.17) is 0 Å². The summed E-state index contributed by atoms with van der Waals surface area (Å²) in [5.41, 5.74) is 4.46. The standard InChI is InChI=1S/C28H31FN2O/c1-18(31-27(32)21-7-9-22(10-8-21)28(2)14-15-28)19-3-5-20(6-4-19)24-13-16-30-26-12-11-23(29)17-25(24)26/h7-13,16-20H,3-6,14-15H2,1-2H3,(H,31,32)/t18-,19-,20-/m1/s1. The highest BCUT2D eigenvalue weighted by molar-refractivity contribution is 5.94. The van der Waals surface area contributed by atoms with Gasteiger partial charge in [-0.1, -0.05) is 19.1 Å². The number of rotatable bonds is 5. The van der Waals surface area contributed by atoms with Crippen molar-refractivity contribution in [3.8, 4) is 0 Å². The number of fused-ring (bicyclic) bond motifs is 1. The fourth-order valence-corrected chi connectivity index (χ4v) is 5.33. The molecule has 3 nitrogen and oxygen atoms in total. The SMILES string of the molecule is C[C@@H](NC(=O)c1ccc(C2(C)CC2)cc1)[C@H]1CC[C@H](c2ccnc3ccc(F)cc32)CC1. The lowest BCUT2D eigenvalue weighted by atomic mass is 9.75. The first-order valence-corrected chi connectivity index (χ1v) is 11.9.